The fourth-order valence-electron chi connectivity index (χ4n) is 1.91. The van der Waals surface area contributed by atoms with Crippen LogP contribution in [0.25, 0.3) is 0 Å². The first-order chi connectivity index (χ1) is 9.56. The zero-order chi connectivity index (χ0) is 14.5. The second kappa shape index (κ2) is 6.58. The third-order valence-corrected chi connectivity index (χ3v) is 3.23. The zero-order valence-corrected chi connectivity index (χ0v) is 12.4. The third kappa shape index (κ3) is 3.84. The van der Waals surface area contributed by atoms with E-state index in [1.807, 2.05) is 44.2 Å². The average Bonchev–Trinajstić information content (AvgIpc) is 2.41. The molecular weight excluding hydrogens is 272 g/mol. The summed E-state index contributed by atoms with van der Waals surface area (Å²) in [6, 6.07) is 14.6. The van der Waals surface area contributed by atoms with Crippen molar-refractivity contribution in [1.82, 2.24) is 0 Å². The van der Waals surface area contributed by atoms with E-state index in [0.29, 0.717) is 17.0 Å². The van der Waals surface area contributed by atoms with Crippen molar-refractivity contribution in [3.8, 4) is 5.75 Å². The lowest BCUT2D eigenvalue weighted by atomic mass is 10.0. The van der Waals surface area contributed by atoms with Crippen LogP contribution in [-0.4, -0.2) is 11.9 Å². The summed E-state index contributed by atoms with van der Waals surface area (Å²) in [7, 11) is 0. The number of rotatable bonds is 5. The predicted octanol–water partition coefficient (Wildman–Crippen LogP) is 4.55. The van der Waals surface area contributed by atoms with Crippen LogP contribution in [0.5, 0.6) is 5.75 Å². The number of ketones is 1. The van der Waals surface area contributed by atoms with Crippen LogP contribution in [0, 0.1) is 0 Å². The quantitative estimate of drug-likeness (QED) is 0.754. The predicted molar refractivity (Wildman–Crippen MR) is 81.7 cm³/mol. The Kier molecular flexibility index (Phi) is 4.80. The largest absolute Gasteiger partial charge is 0.491 e. The van der Waals surface area contributed by atoms with Gasteiger partial charge in [0.25, 0.3) is 0 Å². The van der Waals surface area contributed by atoms with E-state index in [0.717, 1.165) is 11.3 Å². The molecule has 2 aromatic rings. The van der Waals surface area contributed by atoms with Gasteiger partial charge in [-0.2, -0.15) is 0 Å². The number of benzene rings is 2. The summed E-state index contributed by atoms with van der Waals surface area (Å²) < 4.78 is 5.55. The Morgan fingerprint density at radius 3 is 2.35 bits per heavy atom. The van der Waals surface area contributed by atoms with Gasteiger partial charge in [-0.1, -0.05) is 29.8 Å². The fourth-order valence-corrected chi connectivity index (χ4v) is 2.11. The molecule has 0 heterocycles. The topological polar surface area (TPSA) is 26.3 Å². The van der Waals surface area contributed by atoms with Crippen molar-refractivity contribution in [2.24, 2.45) is 0 Å². The van der Waals surface area contributed by atoms with Gasteiger partial charge in [-0.3, -0.25) is 4.79 Å². The highest BCUT2D eigenvalue weighted by molar-refractivity contribution is 6.31. The van der Waals surface area contributed by atoms with E-state index in [1.54, 1.807) is 18.2 Å². The summed E-state index contributed by atoms with van der Waals surface area (Å²) in [5.74, 6) is 0.823. The molecule has 2 rings (SSSR count). The van der Waals surface area contributed by atoms with Gasteiger partial charge in [-0.15, -0.1) is 0 Å². The molecule has 0 saturated carbocycles. The Morgan fingerprint density at radius 2 is 1.75 bits per heavy atom. The van der Waals surface area contributed by atoms with E-state index < -0.39 is 0 Å². The van der Waals surface area contributed by atoms with Gasteiger partial charge in [-0.05, 0) is 49.7 Å². The Bertz CT molecular complexity index is 588. The van der Waals surface area contributed by atoms with Crippen molar-refractivity contribution < 1.29 is 9.53 Å². The van der Waals surface area contributed by atoms with Crippen molar-refractivity contribution in [3.05, 3.63) is 64.7 Å². The first kappa shape index (κ1) is 14.6. The summed E-state index contributed by atoms with van der Waals surface area (Å²) in [5, 5.41) is 0.626. The number of hydrogen-bond acceptors (Lipinski definition) is 2. The molecule has 0 spiro atoms. The lowest BCUT2D eigenvalue weighted by Crippen LogP contribution is -2.07. The smallest absolute Gasteiger partial charge is 0.167 e. The number of ether oxygens (including phenoxy) is 1. The van der Waals surface area contributed by atoms with Crippen molar-refractivity contribution >= 4 is 17.4 Å². The number of halogens is 1. The third-order valence-electron chi connectivity index (χ3n) is 2.86. The van der Waals surface area contributed by atoms with Crippen molar-refractivity contribution in [2.45, 2.75) is 26.4 Å². The molecule has 0 radical (unpaired) electrons. The van der Waals surface area contributed by atoms with E-state index in [1.165, 1.54) is 0 Å². The monoisotopic (exact) mass is 288 g/mol. The van der Waals surface area contributed by atoms with Crippen LogP contribution in [0.1, 0.15) is 29.8 Å². The molecule has 0 aromatic heterocycles. The molecule has 2 aromatic carbocycles. The van der Waals surface area contributed by atoms with Gasteiger partial charge in [0.1, 0.15) is 5.75 Å². The minimum absolute atomic E-state index is 0.0502. The number of carbonyl (C=O) groups excluding carboxylic acids is 1. The van der Waals surface area contributed by atoms with Gasteiger partial charge >= 0.3 is 0 Å². The standard InChI is InChI=1S/C17H17ClO2/c1-12(2)20-15-9-7-13(8-10-15)17(19)11-14-5-3-4-6-16(14)18/h3-10,12H,11H2,1-2H3. The molecule has 0 aliphatic carbocycles. The maximum Gasteiger partial charge on any atom is 0.167 e. The van der Waals surface area contributed by atoms with E-state index in [2.05, 4.69) is 0 Å². The minimum atomic E-state index is 0.0502. The highest BCUT2D eigenvalue weighted by atomic mass is 35.5. The van der Waals surface area contributed by atoms with Crippen LogP contribution in [-0.2, 0) is 6.42 Å². The fraction of sp³-hybridized carbons (Fsp3) is 0.235. The van der Waals surface area contributed by atoms with Gasteiger partial charge in [0.15, 0.2) is 5.78 Å². The van der Waals surface area contributed by atoms with Gasteiger partial charge in [-0.25, -0.2) is 0 Å². The van der Waals surface area contributed by atoms with Crippen molar-refractivity contribution in [1.29, 1.82) is 0 Å². The minimum Gasteiger partial charge on any atom is -0.491 e. The number of Topliss-reactive ketones (excluding diaryl/α,β-unsaturated/α-hetero) is 1. The molecule has 0 amide bonds. The average molecular weight is 289 g/mol. The molecule has 0 atom stereocenters. The second-order valence-corrected chi connectivity index (χ2v) is 5.29. The summed E-state index contributed by atoms with van der Waals surface area (Å²) in [6.45, 7) is 3.94. The van der Waals surface area contributed by atoms with Crippen LogP contribution < -0.4 is 4.74 Å². The molecule has 0 bridgehead atoms. The SMILES string of the molecule is CC(C)Oc1ccc(C(=O)Cc2ccccc2Cl)cc1. The molecule has 104 valence electrons. The Morgan fingerprint density at radius 1 is 1.10 bits per heavy atom. The molecule has 2 nitrogen and oxygen atoms in total. The molecule has 0 fully saturated rings. The molecule has 0 saturated heterocycles. The van der Waals surface area contributed by atoms with Crippen molar-refractivity contribution in [2.75, 3.05) is 0 Å². The number of carbonyl (C=O) groups is 1. The van der Waals surface area contributed by atoms with Gasteiger partial charge in [0.05, 0.1) is 6.10 Å². The maximum absolute atomic E-state index is 12.2. The van der Waals surface area contributed by atoms with E-state index in [9.17, 15) is 4.79 Å². The Balaban J connectivity index is 2.08. The zero-order valence-electron chi connectivity index (χ0n) is 11.6. The van der Waals surface area contributed by atoms with Gasteiger partial charge in [0.2, 0.25) is 0 Å². The Labute approximate surface area is 124 Å². The summed E-state index contributed by atoms with van der Waals surface area (Å²) in [5.41, 5.74) is 1.52. The summed E-state index contributed by atoms with van der Waals surface area (Å²) >= 11 is 6.07. The first-order valence-electron chi connectivity index (χ1n) is 6.59. The lowest BCUT2D eigenvalue weighted by molar-refractivity contribution is 0.0993. The van der Waals surface area contributed by atoms with Crippen LogP contribution in [0.3, 0.4) is 0 Å². The maximum atomic E-state index is 12.2. The normalized spacial score (nSPS) is 10.6. The van der Waals surface area contributed by atoms with E-state index in [4.69, 9.17) is 16.3 Å². The van der Waals surface area contributed by atoms with Crippen LogP contribution in [0.4, 0.5) is 0 Å². The van der Waals surface area contributed by atoms with Crippen molar-refractivity contribution in [3.63, 3.8) is 0 Å². The van der Waals surface area contributed by atoms with Crippen LogP contribution >= 0.6 is 11.6 Å². The van der Waals surface area contributed by atoms with Crippen LogP contribution in [0.2, 0.25) is 5.02 Å². The molecule has 3 heteroatoms. The van der Waals surface area contributed by atoms with E-state index in [-0.39, 0.29) is 11.9 Å². The molecular formula is C17H17ClO2. The van der Waals surface area contributed by atoms with Gasteiger partial charge in [0, 0.05) is 17.0 Å². The summed E-state index contributed by atoms with van der Waals surface area (Å²) in [4.78, 5) is 12.2. The lowest BCUT2D eigenvalue weighted by Gasteiger charge is -2.10. The van der Waals surface area contributed by atoms with E-state index >= 15 is 0 Å². The molecule has 0 N–H and O–H groups in total. The second-order valence-electron chi connectivity index (χ2n) is 4.88. The molecule has 0 aliphatic rings. The number of hydrogen-bond donors (Lipinski definition) is 0. The highest BCUT2D eigenvalue weighted by Gasteiger charge is 2.09. The Hall–Kier alpha value is -1.80. The van der Waals surface area contributed by atoms with Gasteiger partial charge < -0.3 is 4.74 Å². The highest BCUT2D eigenvalue weighted by Crippen LogP contribution is 2.19. The summed E-state index contributed by atoms with van der Waals surface area (Å²) in [6.07, 6.45) is 0.434. The molecule has 20 heavy (non-hydrogen) atoms. The first-order valence-corrected chi connectivity index (χ1v) is 6.97. The molecule has 0 unspecified atom stereocenters. The molecule has 0 aliphatic heterocycles. The van der Waals surface area contributed by atoms with Crippen LogP contribution in [0.15, 0.2) is 48.5 Å².